The van der Waals surface area contributed by atoms with E-state index < -0.39 is 16.0 Å². The Bertz CT molecular complexity index is 577. The first-order valence-electron chi connectivity index (χ1n) is 6.79. The Morgan fingerprint density at radius 3 is 3.05 bits per heavy atom. The molecule has 1 saturated heterocycles. The Labute approximate surface area is 123 Å². The summed E-state index contributed by atoms with van der Waals surface area (Å²) in [6.45, 7) is 1.93. The third-order valence-electron chi connectivity index (χ3n) is 3.34. The first-order valence-corrected chi connectivity index (χ1v) is 8.27. The van der Waals surface area contributed by atoms with Gasteiger partial charge in [-0.1, -0.05) is 0 Å². The van der Waals surface area contributed by atoms with Crippen molar-refractivity contribution in [1.29, 1.82) is 0 Å². The highest BCUT2D eigenvalue weighted by Crippen LogP contribution is 2.16. The summed E-state index contributed by atoms with van der Waals surface area (Å²) >= 11 is 0. The van der Waals surface area contributed by atoms with Crippen LogP contribution in [0.4, 0.5) is 0 Å². The third kappa shape index (κ3) is 4.80. The molecule has 0 amide bonds. The maximum absolute atomic E-state index is 12.0. The number of nitrogens with zero attached hydrogens (tertiary/aromatic N) is 2. The Hall–Kier alpha value is -1.45. The summed E-state index contributed by atoms with van der Waals surface area (Å²) in [4.78, 5) is 10.5. The fourth-order valence-corrected chi connectivity index (χ4v) is 3.11. The molecule has 1 aliphatic rings. The predicted octanol–water partition coefficient (Wildman–Crippen LogP) is 0.0627. The fourth-order valence-electron chi connectivity index (χ4n) is 2.11. The topological polar surface area (TPSA) is 111 Å². The first kappa shape index (κ1) is 15.9. The van der Waals surface area contributed by atoms with E-state index in [4.69, 9.17) is 9.84 Å². The van der Waals surface area contributed by atoms with Crippen LogP contribution in [0.5, 0.6) is 0 Å². The van der Waals surface area contributed by atoms with Gasteiger partial charge >= 0.3 is 5.97 Å². The molecule has 9 heteroatoms. The van der Waals surface area contributed by atoms with Gasteiger partial charge in [0.15, 0.2) is 0 Å². The van der Waals surface area contributed by atoms with Gasteiger partial charge in [-0.3, -0.25) is 9.48 Å². The van der Waals surface area contributed by atoms with Gasteiger partial charge in [0.05, 0.1) is 19.2 Å². The second-order valence-electron chi connectivity index (χ2n) is 5.00. The van der Waals surface area contributed by atoms with Crippen molar-refractivity contribution >= 4 is 16.0 Å². The van der Waals surface area contributed by atoms with Crippen molar-refractivity contribution in [3.63, 3.8) is 0 Å². The van der Waals surface area contributed by atoms with Crippen LogP contribution in [0.25, 0.3) is 0 Å². The van der Waals surface area contributed by atoms with Crippen LogP contribution in [-0.2, 0) is 26.1 Å². The lowest BCUT2D eigenvalue weighted by Crippen LogP contribution is -2.26. The van der Waals surface area contributed by atoms with E-state index in [-0.39, 0.29) is 17.9 Å². The van der Waals surface area contributed by atoms with E-state index in [9.17, 15) is 13.2 Å². The zero-order valence-corrected chi connectivity index (χ0v) is 12.4. The minimum atomic E-state index is -3.59. The highest BCUT2D eigenvalue weighted by Gasteiger charge is 2.19. The van der Waals surface area contributed by atoms with Gasteiger partial charge in [0.25, 0.3) is 0 Å². The molecule has 0 bridgehead atoms. The molecule has 118 valence electrons. The molecule has 8 nitrogen and oxygen atoms in total. The smallest absolute Gasteiger partial charge is 0.305 e. The normalized spacial score (nSPS) is 19.0. The summed E-state index contributed by atoms with van der Waals surface area (Å²) in [6, 6.07) is 0. The van der Waals surface area contributed by atoms with Crippen LogP contribution in [0.1, 0.15) is 19.3 Å². The van der Waals surface area contributed by atoms with Crippen LogP contribution >= 0.6 is 0 Å². The lowest BCUT2D eigenvalue weighted by atomic mass is 10.1. The Kier molecular flexibility index (Phi) is 5.32. The Balaban J connectivity index is 1.85. The average molecular weight is 317 g/mol. The van der Waals surface area contributed by atoms with Crippen molar-refractivity contribution < 1.29 is 23.1 Å². The number of hydrogen-bond acceptors (Lipinski definition) is 5. The number of ether oxygens (including phenoxy) is 1. The summed E-state index contributed by atoms with van der Waals surface area (Å²) in [5.74, 6) is -0.544. The molecule has 1 unspecified atom stereocenters. The SMILES string of the molecule is O=C(O)CCn1cc(S(=O)(=O)NCCC2CCOC2)cn1. The first-order chi connectivity index (χ1) is 9.97. The number of hydrogen-bond donors (Lipinski definition) is 2. The van der Waals surface area contributed by atoms with Crippen LogP contribution in [0, 0.1) is 5.92 Å². The molecule has 0 spiro atoms. The number of rotatable bonds is 8. The highest BCUT2D eigenvalue weighted by molar-refractivity contribution is 7.89. The van der Waals surface area contributed by atoms with E-state index >= 15 is 0 Å². The summed E-state index contributed by atoms with van der Waals surface area (Å²) in [7, 11) is -3.59. The number of carbonyl (C=O) groups is 1. The van der Waals surface area contributed by atoms with Crippen molar-refractivity contribution in [1.82, 2.24) is 14.5 Å². The van der Waals surface area contributed by atoms with Crippen molar-refractivity contribution in [3.8, 4) is 0 Å². The highest BCUT2D eigenvalue weighted by atomic mass is 32.2. The van der Waals surface area contributed by atoms with Gasteiger partial charge in [-0.05, 0) is 18.8 Å². The summed E-state index contributed by atoms with van der Waals surface area (Å²) in [6.07, 6.45) is 4.17. The molecule has 0 radical (unpaired) electrons. The number of nitrogens with one attached hydrogen (secondary N) is 1. The van der Waals surface area contributed by atoms with Crippen LogP contribution < -0.4 is 4.72 Å². The molecule has 1 atom stereocenters. The predicted molar refractivity (Wildman–Crippen MR) is 73.2 cm³/mol. The van der Waals surface area contributed by atoms with E-state index in [2.05, 4.69) is 9.82 Å². The summed E-state index contributed by atoms with van der Waals surface area (Å²) in [5.41, 5.74) is 0. The van der Waals surface area contributed by atoms with E-state index in [0.29, 0.717) is 19.1 Å². The van der Waals surface area contributed by atoms with E-state index in [1.54, 1.807) is 0 Å². The standard InChI is InChI=1S/C12H19N3O5S/c16-12(17)2-5-15-8-11(7-13-15)21(18,19)14-4-1-10-3-6-20-9-10/h7-8,10,14H,1-6,9H2,(H,16,17). The van der Waals surface area contributed by atoms with Gasteiger partial charge in [-0.2, -0.15) is 5.10 Å². The molecule has 2 N–H and O–H groups in total. The number of carboxylic acids is 1. The third-order valence-corrected chi connectivity index (χ3v) is 4.76. The van der Waals surface area contributed by atoms with Crippen molar-refractivity contribution in [3.05, 3.63) is 12.4 Å². The molecule has 2 heterocycles. The van der Waals surface area contributed by atoms with Crippen LogP contribution in [0.2, 0.25) is 0 Å². The van der Waals surface area contributed by atoms with Crippen molar-refractivity contribution in [2.24, 2.45) is 5.92 Å². The van der Waals surface area contributed by atoms with Gasteiger partial charge in [-0.25, -0.2) is 13.1 Å². The summed E-state index contributed by atoms with van der Waals surface area (Å²) in [5, 5.41) is 12.4. The second kappa shape index (κ2) is 7.01. The minimum Gasteiger partial charge on any atom is -0.481 e. The quantitative estimate of drug-likeness (QED) is 0.701. The van der Waals surface area contributed by atoms with Gasteiger partial charge < -0.3 is 9.84 Å². The molecule has 2 rings (SSSR count). The second-order valence-corrected chi connectivity index (χ2v) is 6.77. The monoisotopic (exact) mass is 317 g/mol. The average Bonchev–Trinajstić information content (AvgIpc) is 3.07. The van der Waals surface area contributed by atoms with Crippen molar-refractivity contribution in [2.45, 2.75) is 30.7 Å². The van der Waals surface area contributed by atoms with E-state index in [1.165, 1.54) is 17.1 Å². The Morgan fingerprint density at radius 2 is 2.38 bits per heavy atom. The van der Waals surface area contributed by atoms with Crippen LogP contribution in [0.3, 0.4) is 0 Å². The Morgan fingerprint density at radius 1 is 1.57 bits per heavy atom. The fraction of sp³-hybridized carbons (Fsp3) is 0.667. The number of carboxylic acid groups (broad SMARTS) is 1. The molecule has 1 aromatic heterocycles. The lowest BCUT2D eigenvalue weighted by molar-refractivity contribution is -0.137. The zero-order chi connectivity index (χ0) is 15.3. The van der Waals surface area contributed by atoms with E-state index in [0.717, 1.165) is 19.4 Å². The molecule has 0 saturated carbocycles. The van der Waals surface area contributed by atoms with Gasteiger partial charge in [0, 0.05) is 26.0 Å². The van der Waals surface area contributed by atoms with E-state index in [1.807, 2.05) is 0 Å². The molecular formula is C12H19N3O5S. The number of sulfonamides is 1. The lowest BCUT2D eigenvalue weighted by Gasteiger charge is -2.08. The maximum atomic E-state index is 12.0. The van der Waals surface area contributed by atoms with Gasteiger partial charge in [-0.15, -0.1) is 0 Å². The number of aliphatic carboxylic acids is 1. The molecule has 1 fully saturated rings. The zero-order valence-electron chi connectivity index (χ0n) is 11.6. The molecule has 1 aliphatic heterocycles. The van der Waals surface area contributed by atoms with Crippen LogP contribution in [0.15, 0.2) is 17.3 Å². The molecule has 0 aliphatic carbocycles. The maximum Gasteiger partial charge on any atom is 0.305 e. The van der Waals surface area contributed by atoms with Gasteiger partial charge in [0.2, 0.25) is 10.0 Å². The van der Waals surface area contributed by atoms with Crippen LogP contribution in [-0.4, -0.2) is 49.0 Å². The van der Waals surface area contributed by atoms with Crippen molar-refractivity contribution in [2.75, 3.05) is 19.8 Å². The molecule has 1 aromatic rings. The molecule has 0 aromatic carbocycles. The van der Waals surface area contributed by atoms with Gasteiger partial charge in [0.1, 0.15) is 4.90 Å². The number of aryl methyl sites for hydroxylation is 1. The number of aromatic nitrogens is 2. The summed E-state index contributed by atoms with van der Waals surface area (Å²) < 4.78 is 33.2. The largest absolute Gasteiger partial charge is 0.481 e. The minimum absolute atomic E-state index is 0.0514. The molecule has 21 heavy (non-hydrogen) atoms. The molecular weight excluding hydrogens is 298 g/mol.